The zero-order chi connectivity index (χ0) is 21.7. The standard InChI is InChI=1S/C26H45NO3/c1-2-3-4-5-6-7-8-9-10-11-12-13-14-15-16-17-22-30-25-20-18-24(19-21-25)26(23-28)27-29/h18-21,28-29H,2-17,22-23H2,1H3. The van der Waals surface area contributed by atoms with Gasteiger partial charge in [-0.3, -0.25) is 0 Å². The van der Waals surface area contributed by atoms with Crippen LogP contribution in [0.25, 0.3) is 0 Å². The first kappa shape index (κ1) is 26.5. The number of unbranched alkanes of at least 4 members (excludes halogenated alkanes) is 15. The summed E-state index contributed by atoms with van der Waals surface area (Å²) in [5, 5.41) is 21.0. The SMILES string of the molecule is CCCCCCCCCCCCCCCCCCOc1ccc(C(CO)=NO)cc1. The molecule has 0 bridgehead atoms. The van der Waals surface area contributed by atoms with Crippen molar-refractivity contribution < 1.29 is 15.1 Å². The van der Waals surface area contributed by atoms with E-state index >= 15 is 0 Å². The van der Waals surface area contributed by atoms with Crippen molar-refractivity contribution in [1.29, 1.82) is 0 Å². The summed E-state index contributed by atoms with van der Waals surface area (Å²) in [4.78, 5) is 0. The minimum absolute atomic E-state index is 0.263. The van der Waals surface area contributed by atoms with Gasteiger partial charge in [0.25, 0.3) is 0 Å². The molecule has 0 saturated carbocycles. The van der Waals surface area contributed by atoms with Gasteiger partial charge in [-0.1, -0.05) is 108 Å². The van der Waals surface area contributed by atoms with Gasteiger partial charge in [0.1, 0.15) is 11.5 Å². The maximum Gasteiger partial charge on any atom is 0.119 e. The van der Waals surface area contributed by atoms with Crippen LogP contribution in [0.4, 0.5) is 0 Å². The molecule has 1 aromatic carbocycles. The molecule has 0 aliphatic rings. The summed E-state index contributed by atoms with van der Waals surface area (Å²) in [5.41, 5.74) is 0.967. The fraction of sp³-hybridized carbons (Fsp3) is 0.731. The molecule has 0 heterocycles. The number of aliphatic hydroxyl groups is 1. The lowest BCUT2D eigenvalue weighted by Gasteiger charge is -2.07. The molecule has 172 valence electrons. The minimum Gasteiger partial charge on any atom is -0.494 e. The molecule has 30 heavy (non-hydrogen) atoms. The number of ether oxygens (including phenoxy) is 1. The Kier molecular flexibility index (Phi) is 17.1. The number of rotatable bonds is 20. The lowest BCUT2D eigenvalue weighted by molar-refractivity contribution is 0.302. The minimum atomic E-state index is -0.282. The number of benzene rings is 1. The zero-order valence-electron chi connectivity index (χ0n) is 19.3. The van der Waals surface area contributed by atoms with Gasteiger partial charge in [-0.2, -0.15) is 0 Å². The molecule has 0 amide bonds. The average Bonchev–Trinajstić information content (AvgIpc) is 2.77. The van der Waals surface area contributed by atoms with E-state index < -0.39 is 0 Å². The lowest BCUT2D eigenvalue weighted by atomic mass is 10.0. The molecule has 2 N–H and O–H groups in total. The van der Waals surface area contributed by atoms with Crippen LogP contribution in [0.3, 0.4) is 0 Å². The summed E-state index contributed by atoms with van der Waals surface area (Å²) in [7, 11) is 0. The highest BCUT2D eigenvalue weighted by Crippen LogP contribution is 2.15. The first-order valence-corrected chi connectivity index (χ1v) is 12.4. The van der Waals surface area contributed by atoms with Crippen molar-refractivity contribution in [3.8, 4) is 5.75 Å². The molecule has 0 aromatic heterocycles. The smallest absolute Gasteiger partial charge is 0.119 e. The highest BCUT2D eigenvalue weighted by Gasteiger charge is 2.03. The lowest BCUT2D eigenvalue weighted by Crippen LogP contribution is -2.06. The Morgan fingerprint density at radius 3 is 1.53 bits per heavy atom. The van der Waals surface area contributed by atoms with E-state index in [2.05, 4.69) is 12.1 Å². The van der Waals surface area contributed by atoms with E-state index in [0.29, 0.717) is 5.56 Å². The van der Waals surface area contributed by atoms with Crippen LogP contribution in [0.15, 0.2) is 29.4 Å². The summed E-state index contributed by atoms with van der Waals surface area (Å²) in [5.74, 6) is 0.815. The Balaban J connectivity index is 1.86. The van der Waals surface area contributed by atoms with Gasteiger partial charge in [-0.25, -0.2) is 0 Å². The predicted molar refractivity (Wildman–Crippen MR) is 127 cm³/mol. The summed E-state index contributed by atoms with van der Waals surface area (Å²) in [6, 6.07) is 7.30. The van der Waals surface area contributed by atoms with Crippen LogP contribution in [0.5, 0.6) is 5.75 Å². The Labute approximate surface area is 184 Å². The van der Waals surface area contributed by atoms with Gasteiger partial charge in [0.05, 0.1) is 13.2 Å². The molecular formula is C26H45NO3. The third-order valence-electron chi connectivity index (χ3n) is 5.72. The summed E-state index contributed by atoms with van der Waals surface area (Å²) < 4.78 is 5.76. The van der Waals surface area contributed by atoms with Crippen molar-refractivity contribution in [3.63, 3.8) is 0 Å². The maximum absolute atomic E-state index is 9.09. The van der Waals surface area contributed by atoms with Crippen LogP contribution in [0, 0.1) is 0 Å². The van der Waals surface area contributed by atoms with Crippen LogP contribution >= 0.6 is 0 Å². The number of hydrogen-bond donors (Lipinski definition) is 2. The number of hydrogen-bond acceptors (Lipinski definition) is 4. The molecule has 1 aromatic rings. The Morgan fingerprint density at radius 1 is 0.700 bits per heavy atom. The Hall–Kier alpha value is -1.55. The average molecular weight is 420 g/mol. The Bertz CT molecular complexity index is 528. The van der Waals surface area contributed by atoms with Gasteiger partial charge in [0.2, 0.25) is 0 Å². The fourth-order valence-electron chi connectivity index (χ4n) is 3.76. The van der Waals surface area contributed by atoms with Gasteiger partial charge >= 0.3 is 0 Å². The first-order valence-electron chi connectivity index (χ1n) is 12.4. The van der Waals surface area contributed by atoms with Gasteiger partial charge < -0.3 is 15.1 Å². The van der Waals surface area contributed by atoms with Crippen LogP contribution in [0.1, 0.15) is 115 Å². The second-order valence-electron chi connectivity index (χ2n) is 8.38. The molecule has 0 atom stereocenters. The second kappa shape index (κ2) is 19.4. The molecule has 0 aliphatic heterocycles. The summed E-state index contributed by atoms with van der Waals surface area (Å²) in [6.07, 6.45) is 21.9. The van der Waals surface area contributed by atoms with E-state index in [4.69, 9.17) is 15.1 Å². The molecule has 4 nitrogen and oxygen atoms in total. The van der Waals surface area contributed by atoms with Gasteiger partial charge in [0, 0.05) is 5.56 Å². The van der Waals surface area contributed by atoms with Crippen molar-refractivity contribution >= 4 is 5.71 Å². The van der Waals surface area contributed by atoms with Crippen molar-refractivity contribution in [2.24, 2.45) is 5.16 Å². The fourth-order valence-corrected chi connectivity index (χ4v) is 3.76. The molecule has 0 radical (unpaired) electrons. The number of oxime groups is 1. The molecule has 4 heteroatoms. The van der Waals surface area contributed by atoms with Crippen molar-refractivity contribution in [1.82, 2.24) is 0 Å². The van der Waals surface area contributed by atoms with Crippen LogP contribution in [-0.4, -0.2) is 29.2 Å². The highest BCUT2D eigenvalue weighted by molar-refractivity contribution is 6.01. The van der Waals surface area contributed by atoms with E-state index in [1.165, 1.54) is 96.3 Å². The molecule has 0 aliphatic carbocycles. The predicted octanol–water partition coefficient (Wildman–Crippen LogP) is 7.50. The van der Waals surface area contributed by atoms with Crippen molar-refractivity contribution in [2.45, 2.75) is 110 Å². The van der Waals surface area contributed by atoms with Gasteiger partial charge in [-0.05, 0) is 30.7 Å². The third-order valence-corrected chi connectivity index (χ3v) is 5.72. The van der Waals surface area contributed by atoms with Crippen LogP contribution < -0.4 is 4.74 Å². The molecule has 0 unspecified atom stereocenters. The Morgan fingerprint density at radius 2 is 1.13 bits per heavy atom. The normalized spacial score (nSPS) is 11.7. The zero-order valence-corrected chi connectivity index (χ0v) is 19.3. The van der Waals surface area contributed by atoms with E-state index in [0.717, 1.165) is 18.8 Å². The summed E-state index contributed by atoms with van der Waals surface area (Å²) in [6.45, 7) is 2.73. The van der Waals surface area contributed by atoms with E-state index in [1.54, 1.807) is 12.1 Å². The second-order valence-corrected chi connectivity index (χ2v) is 8.38. The molecular weight excluding hydrogens is 374 g/mol. The molecule has 0 fully saturated rings. The molecule has 1 rings (SSSR count). The van der Waals surface area contributed by atoms with Crippen LogP contribution in [0.2, 0.25) is 0 Å². The van der Waals surface area contributed by atoms with Crippen LogP contribution in [-0.2, 0) is 0 Å². The van der Waals surface area contributed by atoms with E-state index in [1.807, 2.05) is 12.1 Å². The third kappa shape index (κ3) is 13.6. The molecule has 0 saturated heterocycles. The highest BCUT2D eigenvalue weighted by atomic mass is 16.5. The summed E-state index contributed by atoms with van der Waals surface area (Å²) >= 11 is 0. The quantitative estimate of drug-likeness (QED) is 0.0995. The van der Waals surface area contributed by atoms with Crippen molar-refractivity contribution in [2.75, 3.05) is 13.2 Å². The van der Waals surface area contributed by atoms with Crippen molar-refractivity contribution in [3.05, 3.63) is 29.8 Å². The van der Waals surface area contributed by atoms with Gasteiger partial charge in [-0.15, -0.1) is 0 Å². The monoisotopic (exact) mass is 419 g/mol. The topological polar surface area (TPSA) is 62.0 Å². The van der Waals surface area contributed by atoms with E-state index in [9.17, 15) is 0 Å². The maximum atomic E-state index is 9.09. The number of aliphatic hydroxyl groups excluding tert-OH is 1. The van der Waals surface area contributed by atoms with Gasteiger partial charge in [0.15, 0.2) is 0 Å². The first-order chi connectivity index (χ1) is 14.8. The largest absolute Gasteiger partial charge is 0.494 e. The van der Waals surface area contributed by atoms with E-state index in [-0.39, 0.29) is 12.3 Å². The number of nitrogens with zero attached hydrogens (tertiary/aromatic N) is 1. The molecule has 0 spiro atoms.